The number of nitrogens with one attached hydrogen (secondary N) is 2. The Morgan fingerprint density at radius 2 is 2.00 bits per heavy atom. The summed E-state index contributed by atoms with van der Waals surface area (Å²) in [6.07, 6.45) is 3.70. The summed E-state index contributed by atoms with van der Waals surface area (Å²) in [7, 11) is 1.47. The summed E-state index contributed by atoms with van der Waals surface area (Å²) in [5.41, 5.74) is 1.65. The summed E-state index contributed by atoms with van der Waals surface area (Å²) >= 11 is 0. The number of anilines is 2. The van der Waals surface area contributed by atoms with Gasteiger partial charge in [0, 0.05) is 36.6 Å². The highest BCUT2D eigenvalue weighted by atomic mass is 19.1. The Kier molecular flexibility index (Phi) is 5.93. The van der Waals surface area contributed by atoms with Crippen LogP contribution in [0.25, 0.3) is 5.82 Å². The van der Waals surface area contributed by atoms with E-state index in [1.165, 1.54) is 31.6 Å². The number of amides is 1. The van der Waals surface area contributed by atoms with Crippen LogP contribution in [0.3, 0.4) is 0 Å². The minimum absolute atomic E-state index is 0.0209. The topological polar surface area (TPSA) is 114 Å². The van der Waals surface area contributed by atoms with Gasteiger partial charge in [0.2, 0.25) is 5.95 Å². The average molecular weight is 434 g/mol. The number of phenolic OH excluding ortho intramolecular Hbond substituents is 1. The molecule has 162 valence electrons. The molecule has 2 aromatic heterocycles. The Morgan fingerprint density at radius 3 is 2.78 bits per heavy atom. The zero-order chi connectivity index (χ0) is 22.5. The predicted octanol–water partition coefficient (Wildman–Crippen LogP) is 3.19. The summed E-state index contributed by atoms with van der Waals surface area (Å²) in [6.45, 7) is 0.355. The highest BCUT2D eigenvalue weighted by Crippen LogP contribution is 2.26. The highest BCUT2D eigenvalue weighted by molar-refractivity contribution is 5.93. The highest BCUT2D eigenvalue weighted by Gasteiger charge is 2.14. The van der Waals surface area contributed by atoms with Crippen LogP contribution in [0, 0.1) is 5.82 Å². The molecule has 4 aromatic rings. The Morgan fingerprint density at radius 1 is 1.19 bits per heavy atom. The van der Waals surface area contributed by atoms with Gasteiger partial charge in [-0.05, 0) is 5.56 Å². The third kappa shape index (κ3) is 4.81. The molecule has 2 aromatic carbocycles. The van der Waals surface area contributed by atoms with Crippen LogP contribution in [-0.2, 0) is 6.54 Å². The molecule has 0 aliphatic rings. The van der Waals surface area contributed by atoms with Gasteiger partial charge in [-0.15, -0.1) is 0 Å². The first-order chi connectivity index (χ1) is 15.5. The van der Waals surface area contributed by atoms with Gasteiger partial charge in [0.25, 0.3) is 5.91 Å². The number of benzene rings is 2. The Hall–Kier alpha value is -4.47. The molecule has 0 fully saturated rings. The number of ether oxygens (including phenoxy) is 1. The Balaban J connectivity index is 1.51. The maximum Gasteiger partial charge on any atom is 0.254 e. The van der Waals surface area contributed by atoms with Gasteiger partial charge < -0.3 is 20.5 Å². The van der Waals surface area contributed by atoms with Crippen molar-refractivity contribution >= 4 is 17.5 Å². The maximum absolute atomic E-state index is 14.4. The van der Waals surface area contributed by atoms with Crippen molar-refractivity contribution in [1.29, 1.82) is 0 Å². The van der Waals surface area contributed by atoms with E-state index in [2.05, 4.69) is 25.7 Å². The van der Waals surface area contributed by atoms with Crippen LogP contribution in [0.2, 0.25) is 0 Å². The molecular weight excluding hydrogens is 415 g/mol. The lowest BCUT2D eigenvalue weighted by Gasteiger charge is -2.09. The van der Waals surface area contributed by atoms with Gasteiger partial charge in [-0.1, -0.05) is 30.3 Å². The quantitative estimate of drug-likeness (QED) is 0.409. The minimum Gasteiger partial charge on any atom is -0.508 e. The van der Waals surface area contributed by atoms with Crippen molar-refractivity contribution in [3.05, 3.63) is 84.1 Å². The number of halogens is 1. The fraction of sp³-hybridized carbons (Fsp3) is 0.0909. The standard InChI is InChI=1S/C22H19FN6O3/c1-32-18-8-16(7-17(30)9-18)27-22-25-12-19(23)20(28-22)29-13-15(11-26-29)21(31)24-10-14-5-3-2-4-6-14/h2-9,11-13,30H,10H2,1H3,(H,24,31)(H,25,27,28). The molecule has 10 heteroatoms. The van der Waals surface area contributed by atoms with Gasteiger partial charge in [-0.25, -0.2) is 14.1 Å². The molecule has 0 unspecified atom stereocenters. The number of aromatic hydroxyl groups is 1. The SMILES string of the molecule is COc1cc(O)cc(Nc2ncc(F)c(-n3cc(C(=O)NCc4ccccc4)cn3)n2)c1. The molecule has 3 N–H and O–H groups in total. The first-order valence-electron chi connectivity index (χ1n) is 9.56. The van der Waals surface area contributed by atoms with E-state index in [0.717, 1.165) is 16.4 Å². The lowest BCUT2D eigenvalue weighted by molar-refractivity contribution is 0.0951. The van der Waals surface area contributed by atoms with Crippen molar-refractivity contribution in [2.24, 2.45) is 0 Å². The number of hydrogen-bond donors (Lipinski definition) is 3. The van der Waals surface area contributed by atoms with Crippen LogP contribution in [0.4, 0.5) is 16.0 Å². The summed E-state index contributed by atoms with van der Waals surface area (Å²) in [4.78, 5) is 20.5. The van der Waals surface area contributed by atoms with Crippen LogP contribution < -0.4 is 15.4 Å². The molecule has 1 amide bonds. The molecule has 0 saturated carbocycles. The van der Waals surface area contributed by atoms with E-state index in [1.54, 1.807) is 6.07 Å². The minimum atomic E-state index is -0.719. The van der Waals surface area contributed by atoms with Crippen molar-refractivity contribution in [2.75, 3.05) is 12.4 Å². The number of carbonyl (C=O) groups is 1. The molecule has 0 bridgehead atoms. The summed E-state index contributed by atoms with van der Waals surface area (Å²) in [5, 5.41) is 19.5. The lowest BCUT2D eigenvalue weighted by Crippen LogP contribution is -2.22. The van der Waals surface area contributed by atoms with Crippen molar-refractivity contribution in [1.82, 2.24) is 25.1 Å². The van der Waals surface area contributed by atoms with Gasteiger partial charge >= 0.3 is 0 Å². The third-order valence-electron chi connectivity index (χ3n) is 4.47. The Labute approximate surface area is 182 Å². The van der Waals surface area contributed by atoms with E-state index in [-0.39, 0.29) is 29.0 Å². The molecule has 0 spiro atoms. The van der Waals surface area contributed by atoms with E-state index in [0.29, 0.717) is 18.0 Å². The number of rotatable bonds is 7. The zero-order valence-electron chi connectivity index (χ0n) is 17.0. The summed E-state index contributed by atoms with van der Waals surface area (Å²) in [5.74, 6) is -0.736. The number of aromatic nitrogens is 4. The third-order valence-corrected chi connectivity index (χ3v) is 4.47. The van der Waals surface area contributed by atoms with Gasteiger partial charge in [0.1, 0.15) is 11.5 Å². The number of hydrogen-bond acceptors (Lipinski definition) is 7. The van der Waals surface area contributed by atoms with Gasteiger partial charge in [0.15, 0.2) is 11.6 Å². The van der Waals surface area contributed by atoms with Crippen LogP contribution in [0.5, 0.6) is 11.5 Å². The number of methoxy groups -OCH3 is 1. The van der Waals surface area contributed by atoms with Crippen molar-refractivity contribution in [2.45, 2.75) is 6.54 Å². The largest absolute Gasteiger partial charge is 0.508 e. The zero-order valence-corrected chi connectivity index (χ0v) is 17.0. The normalized spacial score (nSPS) is 10.6. The monoisotopic (exact) mass is 434 g/mol. The Bertz CT molecular complexity index is 1250. The van der Waals surface area contributed by atoms with Crippen LogP contribution >= 0.6 is 0 Å². The van der Waals surface area contributed by atoms with Crippen molar-refractivity contribution in [3.63, 3.8) is 0 Å². The smallest absolute Gasteiger partial charge is 0.254 e. The molecule has 32 heavy (non-hydrogen) atoms. The van der Waals surface area contributed by atoms with Gasteiger partial charge in [-0.3, -0.25) is 4.79 Å². The fourth-order valence-electron chi connectivity index (χ4n) is 2.92. The van der Waals surface area contributed by atoms with Crippen molar-refractivity contribution < 1.29 is 19.0 Å². The summed E-state index contributed by atoms with van der Waals surface area (Å²) in [6, 6.07) is 14.0. The summed E-state index contributed by atoms with van der Waals surface area (Å²) < 4.78 is 20.6. The first-order valence-corrected chi connectivity index (χ1v) is 9.56. The molecule has 0 aliphatic heterocycles. The van der Waals surface area contributed by atoms with E-state index >= 15 is 0 Å². The van der Waals surface area contributed by atoms with E-state index in [1.807, 2.05) is 30.3 Å². The molecule has 0 radical (unpaired) electrons. The molecule has 0 saturated heterocycles. The van der Waals surface area contributed by atoms with Crippen LogP contribution in [0.15, 0.2) is 67.1 Å². The maximum atomic E-state index is 14.4. The molecule has 2 heterocycles. The molecular formula is C22H19FN6O3. The fourth-order valence-corrected chi connectivity index (χ4v) is 2.92. The number of phenols is 1. The second kappa shape index (κ2) is 9.13. The molecule has 0 atom stereocenters. The second-order valence-corrected chi connectivity index (χ2v) is 6.75. The number of carbonyl (C=O) groups excluding carboxylic acids is 1. The molecule has 4 rings (SSSR count). The van der Waals surface area contributed by atoms with E-state index < -0.39 is 5.82 Å². The van der Waals surface area contributed by atoms with E-state index in [9.17, 15) is 14.3 Å². The lowest BCUT2D eigenvalue weighted by atomic mass is 10.2. The van der Waals surface area contributed by atoms with Gasteiger partial charge in [-0.2, -0.15) is 10.1 Å². The predicted molar refractivity (Wildman–Crippen MR) is 115 cm³/mol. The number of nitrogens with zero attached hydrogens (tertiary/aromatic N) is 4. The van der Waals surface area contributed by atoms with Gasteiger partial charge in [0.05, 0.1) is 25.1 Å². The average Bonchev–Trinajstić information content (AvgIpc) is 3.29. The first kappa shape index (κ1) is 20.8. The van der Waals surface area contributed by atoms with Crippen LogP contribution in [0.1, 0.15) is 15.9 Å². The second-order valence-electron chi connectivity index (χ2n) is 6.75. The van der Waals surface area contributed by atoms with Crippen LogP contribution in [-0.4, -0.2) is 37.9 Å². The van der Waals surface area contributed by atoms with Crippen molar-refractivity contribution in [3.8, 4) is 17.3 Å². The van der Waals surface area contributed by atoms with E-state index in [4.69, 9.17) is 4.74 Å². The molecule has 0 aliphatic carbocycles. The molecule has 9 nitrogen and oxygen atoms in total.